The van der Waals surface area contributed by atoms with Crippen LogP contribution in [0.3, 0.4) is 0 Å². The standard InChI is InChI=1S/C14H17NO/c1-10(2)9-15-8-7-13-12(11(3)16)5-4-6-14(13)15/h4-8,10H,9H2,1-3H3. The molecule has 0 unspecified atom stereocenters. The number of aromatic nitrogens is 1. The van der Waals surface area contributed by atoms with Crippen LogP contribution < -0.4 is 0 Å². The van der Waals surface area contributed by atoms with Crippen molar-refractivity contribution in [3.8, 4) is 0 Å². The maximum Gasteiger partial charge on any atom is 0.160 e. The maximum absolute atomic E-state index is 11.5. The number of rotatable bonds is 3. The van der Waals surface area contributed by atoms with Crippen LogP contribution in [0.5, 0.6) is 0 Å². The lowest BCUT2D eigenvalue weighted by Crippen LogP contribution is -2.02. The minimum Gasteiger partial charge on any atom is -0.347 e. The Morgan fingerprint density at radius 3 is 2.69 bits per heavy atom. The number of benzene rings is 1. The maximum atomic E-state index is 11.5. The van der Waals surface area contributed by atoms with Crippen LogP contribution in [0.1, 0.15) is 31.1 Å². The predicted octanol–water partition coefficient (Wildman–Crippen LogP) is 3.50. The van der Waals surface area contributed by atoms with Gasteiger partial charge in [0.15, 0.2) is 5.78 Å². The lowest BCUT2D eigenvalue weighted by molar-refractivity contribution is 0.101. The van der Waals surface area contributed by atoms with Crippen molar-refractivity contribution < 1.29 is 4.79 Å². The minimum atomic E-state index is 0.132. The van der Waals surface area contributed by atoms with E-state index in [2.05, 4.69) is 30.7 Å². The summed E-state index contributed by atoms with van der Waals surface area (Å²) in [7, 11) is 0. The second kappa shape index (κ2) is 4.12. The highest BCUT2D eigenvalue weighted by Crippen LogP contribution is 2.21. The normalized spacial score (nSPS) is 11.2. The summed E-state index contributed by atoms with van der Waals surface area (Å²) in [5.41, 5.74) is 1.97. The number of nitrogens with zero attached hydrogens (tertiary/aromatic N) is 1. The van der Waals surface area contributed by atoms with E-state index in [4.69, 9.17) is 0 Å². The first-order valence-corrected chi connectivity index (χ1v) is 5.68. The fourth-order valence-electron chi connectivity index (χ4n) is 2.08. The molecule has 0 saturated carbocycles. The van der Waals surface area contributed by atoms with Crippen LogP contribution in [0, 0.1) is 5.92 Å². The Balaban J connectivity index is 2.57. The lowest BCUT2D eigenvalue weighted by atomic mass is 10.1. The van der Waals surface area contributed by atoms with Gasteiger partial charge in [-0.15, -0.1) is 0 Å². The molecule has 0 spiro atoms. The highest BCUT2D eigenvalue weighted by Gasteiger charge is 2.08. The quantitative estimate of drug-likeness (QED) is 0.718. The van der Waals surface area contributed by atoms with E-state index in [1.165, 1.54) is 0 Å². The Kier molecular flexibility index (Phi) is 2.82. The van der Waals surface area contributed by atoms with E-state index >= 15 is 0 Å². The smallest absolute Gasteiger partial charge is 0.160 e. The average Bonchev–Trinajstić information content (AvgIpc) is 2.60. The van der Waals surface area contributed by atoms with Gasteiger partial charge in [-0.05, 0) is 25.0 Å². The fourth-order valence-corrected chi connectivity index (χ4v) is 2.08. The second-order valence-electron chi connectivity index (χ2n) is 4.66. The molecule has 0 N–H and O–H groups in total. The Hall–Kier alpha value is -1.57. The van der Waals surface area contributed by atoms with Crippen molar-refractivity contribution in [3.05, 3.63) is 36.0 Å². The van der Waals surface area contributed by atoms with Gasteiger partial charge in [-0.3, -0.25) is 4.79 Å². The average molecular weight is 215 g/mol. The van der Waals surface area contributed by atoms with E-state index in [9.17, 15) is 4.79 Å². The number of carbonyl (C=O) groups excluding carboxylic acids is 1. The summed E-state index contributed by atoms with van der Waals surface area (Å²) in [6.07, 6.45) is 2.07. The molecule has 2 heteroatoms. The van der Waals surface area contributed by atoms with Gasteiger partial charge in [0, 0.05) is 29.2 Å². The topological polar surface area (TPSA) is 22.0 Å². The van der Waals surface area contributed by atoms with Gasteiger partial charge in [0.05, 0.1) is 0 Å². The molecule has 1 aromatic heterocycles. The third-order valence-electron chi connectivity index (χ3n) is 2.75. The lowest BCUT2D eigenvalue weighted by Gasteiger charge is -2.08. The van der Waals surface area contributed by atoms with Crippen molar-refractivity contribution >= 4 is 16.7 Å². The Labute approximate surface area is 95.9 Å². The van der Waals surface area contributed by atoms with Crippen LogP contribution in [-0.4, -0.2) is 10.4 Å². The van der Waals surface area contributed by atoms with Gasteiger partial charge in [0.1, 0.15) is 0 Å². The largest absolute Gasteiger partial charge is 0.347 e. The van der Waals surface area contributed by atoms with Crippen LogP contribution >= 0.6 is 0 Å². The van der Waals surface area contributed by atoms with Crippen molar-refractivity contribution in [1.29, 1.82) is 0 Å². The Bertz CT molecular complexity index is 523. The molecule has 2 nitrogen and oxygen atoms in total. The van der Waals surface area contributed by atoms with E-state index < -0.39 is 0 Å². The monoisotopic (exact) mass is 215 g/mol. The molecule has 0 amide bonds. The Morgan fingerprint density at radius 2 is 2.06 bits per heavy atom. The fraction of sp³-hybridized carbons (Fsp3) is 0.357. The highest BCUT2D eigenvalue weighted by molar-refractivity contribution is 6.06. The molecule has 1 heterocycles. The number of ketones is 1. The summed E-state index contributed by atoms with van der Waals surface area (Å²) < 4.78 is 2.21. The van der Waals surface area contributed by atoms with Crippen molar-refractivity contribution in [2.45, 2.75) is 27.3 Å². The molecule has 0 bridgehead atoms. The van der Waals surface area contributed by atoms with Gasteiger partial charge in [0.2, 0.25) is 0 Å². The van der Waals surface area contributed by atoms with Crippen molar-refractivity contribution in [2.75, 3.05) is 0 Å². The molecule has 0 aliphatic carbocycles. The number of Topliss-reactive ketones (excluding diaryl/α,β-unsaturated/α-hetero) is 1. The van der Waals surface area contributed by atoms with Crippen LogP contribution in [0.2, 0.25) is 0 Å². The number of carbonyl (C=O) groups is 1. The summed E-state index contributed by atoms with van der Waals surface area (Å²) in [5, 5.41) is 1.07. The van der Waals surface area contributed by atoms with Crippen molar-refractivity contribution in [1.82, 2.24) is 4.57 Å². The molecule has 0 aliphatic rings. The molecule has 0 fully saturated rings. The first kappa shape index (κ1) is 10.9. The molecular weight excluding hydrogens is 198 g/mol. The molecule has 1 aromatic carbocycles. The van der Waals surface area contributed by atoms with Gasteiger partial charge < -0.3 is 4.57 Å². The van der Waals surface area contributed by atoms with E-state index in [0.717, 1.165) is 23.0 Å². The van der Waals surface area contributed by atoms with E-state index in [1.807, 2.05) is 18.2 Å². The summed E-state index contributed by atoms with van der Waals surface area (Å²) in [6.45, 7) is 7.00. The number of hydrogen-bond acceptors (Lipinski definition) is 1. The van der Waals surface area contributed by atoms with Crippen LogP contribution in [-0.2, 0) is 6.54 Å². The molecule has 2 aromatic rings. The minimum absolute atomic E-state index is 0.132. The van der Waals surface area contributed by atoms with Gasteiger partial charge in [-0.1, -0.05) is 26.0 Å². The van der Waals surface area contributed by atoms with Crippen molar-refractivity contribution in [3.63, 3.8) is 0 Å². The Morgan fingerprint density at radius 1 is 1.31 bits per heavy atom. The summed E-state index contributed by atoms with van der Waals surface area (Å²) in [6, 6.07) is 7.96. The van der Waals surface area contributed by atoms with Gasteiger partial charge in [0.25, 0.3) is 0 Å². The molecule has 84 valence electrons. The van der Waals surface area contributed by atoms with E-state index in [1.54, 1.807) is 6.92 Å². The zero-order valence-electron chi connectivity index (χ0n) is 10.0. The number of fused-ring (bicyclic) bond motifs is 1. The zero-order valence-corrected chi connectivity index (χ0v) is 10.0. The predicted molar refractivity (Wildman–Crippen MR) is 66.8 cm³/mol. The van der Waals surface area contributed by atoms with E-state index in [0.29, 0.717) is 5.92 Å². The number of hydrogen-bond donors (Lipinski definition) is 0. The SMILES string of the molecule is CC(=O)c1cccc2c1ccn2CC(C)C. The van der Waals surface area contributed by atoms with Gasteiger partial charge in [-0.2, -0.15) is 0 Å². The molecule has 0 aliphatic heterocycles. The van der Waals surface area contributed by atoms with Crippen molar-refractivity contribution in [2.24, 2.45) is 5.92 Å². The summed E-state index contributed by atoms with van der Waals surface area (Å²) >= 11 is 0. The van der Waals surface area contributed by atoms with Crippen LogP contribution in [0.4, 0.5) is 0 Å². The second-order valence-corrected chi connectivity index (χ2v) is 4.66. The summed E-state index contributed by atoms with van der Waals surface area (Å²) in [5.74, 6) is 0.740. The highest BCUT2D eigenvalue weighted by atomic mass is 16.1. The van der Waals surface area contributed by atoms with E-state index in [-0.39, 0.29) is 5.78 Å². The molecule has 0 saturated heterocycles. The molecular formula is C14H17NO. The molecule has 16 heavy (non-hydrogen) atoms. The van der Waals surface area contributed by atoms with Gasteiger partial charge in [-0.25, -0.2) is 0 Å². The van der Waals surface area contributed by atoms with Gasteiger partial charge >= 0.3 is 0 Å². The molecule has 0 radical (unpaired) electrons. The van der Waals surface area contributed by atoms with Crippen LogP contribution in [0.15, 0.2) is 30.5 Å². The first-order chi connectivity index (χ1) is 7.59. The summed E-state index contributed by atoms with van der Waals surface area (Å²) in [4.78, 5) is 11.5. The third kappa shape index (κ3) is 1.87. The molecule has 0 atom stereocenters. The third-order valence-corrected chi connectivity index (χ3v) is 2.75. The van der Waals surface area contributed by atoms with Crippen LogP contribution in [0.25, 0.3) is 10.9 Å². The zero-order chi connectivity index (χ0) is 11.7. The first-order valence-electron chi connectivity index (χ1n) is 5.68. The molecule has 2 rings (SSSR count).